The van der Waals surface area contributed by atoms with Crippen LogP contribution >= 0.6 is 0 Å². The Balaban J connectivity index is 1.37. The minimum absolute atomic E-state index is 0.0552. The van der Waals surface area contributed by atoms with Crippen molar-refractivity contribution in [3.63, 3.8) is 0 Å². The van der Waals surface area contributed by atoms with Crippen LogP contribution in [0, 0.1) is 11.3 Å². The molecule has 1 aliphatic rings. The first kappa shape index (κ1) is 21.8. The van der Waals surface area contributed by atoms with Crippen LogP contribution in [0.1, 0.15) is 24.0 Å². The number of nitriles is 1. The Hall–Kier alpha value is -4.45. The van der Waals surface area contributed by atoms with E-state index >= 15 is 0 Å². The van der Waals surface area contributed by atoms with Gasteiger partial charge >= 0.3 is 0 Å². The number of nitrogens with one attached hydrogen (secondary N) is 2. The Labute approximate surface area is 190 Å². The number of nitrogens with zero attached hydrogens (tertiary/aromatic N) is 4. The number of hydrogen-bond acceptors (Lipinski definition) is 7. The summed E-state index contributed by atoms with van der Waals surface area (Å²) >= 11 is 0. The number of carbonyl (C=O) groups excluding carboxylic acids is 1. The summed E-state index contributed by atoms with van der Waals surface area (Å²) in [6.07, 6.45) is 3.12. The molecule has 2 heterocycles. The van der Waals surface area contributed by atoms with Gasteiger partial charge in [-0.25, -0.2) is 10.4 Å². The number of hydrazone groups is 1. The van der Waals surface area contributed by atoms with E-state index in [1.54, 1.807) is 18.3 Å². The van der Waals surface area contributed by atoms with Crippen LogP contribution in [0.4, 0.5) is 5.95 Å². The SMILES string of the molecule is N#Cc1c(-c2ccccc2)nc(NN=Cc2ccc(OCCN3CCCC3=O)cc2)[nH]c1=O. The number of anilines is 1. The van der Waals surface area contributed by atoms with Crippen molar-refractivity contribution in [2.45, 2.75) is 12.8 Å². The maximum absolute atomic E-state index is 12.3. The molecular weight excluding hydrogens is 420 g/mol. The molecule has 166 valence electrons. The Morgan fingerprint density at radius 3 is 2.67 bits per heavy atom. The molecule has 1 aliphatic heterocycles. The van der Waals surface area contributed by atoms with Crippen molar-refractivity contribution in [3.8, 4) is 23.1 Å². The summed E-state index contributed by atoms with van der Waals surface area (Å²) in [6.45, 7) is 1.84. The standard InChI is InChI=1S/C24H22N6O3/c25-15-20-22(18-5-2-1-3-6-18)27-24(28-23(20)32)29-26-16-17-8-10-19(11-9-17)33-14-13-30-12-4-7-21(30)31/h1-3,5-6,8-11,16H,4,7,12-14H2,(H2,27,28,29,32). The van der Waals surface area contributed by atoms with Crippen LogP contribution in [-0.2, 0) is 4.79 Å². The third kappa shape index (κ3) is 5.43. The average Bonchev–Trinajstić information content (AvgIpc) is 3.25. The highest BCUT2D eigenvalue weighted by Gasteiger charge is 2.19. The summed E-state index contributed by atoms with van der Waals surface area (Å²) in [6, 6.07) is 18.3. The Morgan fingerprint density at radius 2 is 1.97 bits per heavy atom. The lowest BCUT2D eigenvalue weighted by atomic mass is 10.1. The first-order chi connectivity index (χ1) is 16.1. The van der Waals surface area contributed by atoms with E-state index in [0.29, 0.717) is 30.9 Å². The predicted octanol–water partition coefficient (Wildman–Crippen LogP) is 2.76. The number of rotatable bonds is 8. The highest BCUT2D eigenvalue weighted by Crippen LogP contribution is 2.19. The number of aromatic nitrogens is 2. The number of likely N-dealkylation sites (tertiary alicyclic amines) is 1. The van der Waals surface area contributed by atoms with Gasteiger partial charge in [0.05, 0.1) is 18.5 Å². The summed E-state index contributed by atoms with van der Waals surface area (Å²) in [5.74, 6) is 1.02. The van der Waals surface area contributed by atoms with Crippen LogP contribution in [0.5, 0.6) is 5.75 Å². The van der Waals surface area contributed by atoms with Crippen molar-refractivity contribution in [1.29, 1.82) is 5.26 Å². The minimum Gasteiger partial charge on any atom is -0.492 e. The molecule has 4 rings (SSSR count). The Bertz CT molecular complexity index is 1250. The van der Waals surface area contributed by atoms with Crippen molar-refractivity contribution < 1.29 is 9.53 Å². The molecule has 0 radical (unpaired) electrons. The molecule has 3 aromatic rings. The zero-order valence-corrected chi connectivity index (χ0v) is 17.8. The van der Waals surface area contributed by atoms with Crippen LogP contribution in [0.2, 0.25) is 0 Å². The third-order valence-electron chi connectivity index (χ3n) is 5.14. The third-order valence-corrected chi connectivity index (χ3v) is 5.14. The maximum Gasteiger partial charge on any atom is 0.270 e. The lowest BCUT2D eigenvalue weighted by molar-refractivity contribution is -0.128. The van der Waals surface area contributed by atoms with Gasteiger partial charge < -0.3 is 9.64 Å². The second kappa shape index (κ2) is 10.2. The highest BCUT2D eigenvalue weighted by molar-refractivity contribution is 5.80. The molecule has 0 saturated carbocycles. The van der Waals surface area contributed by atoms with Crippen LogP contribution in [0.3, 0.4) is 0 Å². The van der Waals surface area contributed by atoms with Crippen molar-refractivity contribution >= 4 is 18.1 Å². The fourth-order valence-electron chi connectivity index (χ4n) is 3.47. The fraction of sp³-hybridized carbons (Fsp3) is 0.208. The lowest BCUT2D eigenvalue weighted by Crippen LogP contribution is -2.29. The zero-order valence-electron chi connectivity index (χ0n) is 17.8. The van der Waals surface area contributed by atoms with Gasteiger partial charge in [0.2, 0.25) is 11.9 Å². The van der Waals surface area contributed by atoms with Crippen molar-refractivity contribution in [2.75, 3.05) is 25.1 Å². The van der Waals surface area contributed by atoms with Crippen molar-refractivity contribution in [2.24, 2.45) is 5.10 Å². The molecule has 1 aromatic heterocycles. The molecule has 1 fully saturated rings. The van der Waals surface area contributed by atoms with Crippen LogP contribution in [0.15, 0.2) is 64.5 Å². The Morgan fingerprint density at radius 1 is 1.18 bits per heavy atom. The molecule has 0 bridgehead atoms. The van der Waals surface area contributed by atoms with E-state index in [9.17, 15) is 14.9 Å². The van der Waals surface area contributed by atoms with Gasteiger partial charge in [-0.15, -0.1) is 0 Å². The number of hydrogen-bond donors (Lipinski definition) is 2. The van der Waals surface area contributed by atoms with E-state index in [0.717, 1.165) is 18.5 Å². The van der Waals surface area contributed by atoms with E-state index in [1.807, 2.05) is 53.4 Å². The second-order valence-corrected chi connectivity index (χ2v) is 7.39. The van der Waals surface area contributed by atoms with E-state index in [1.165, 1.54) is 0 Å². The van der Waals surface area contributed by atoms with Gasteiger partial charge in [0.15, 0.2) is 0 Å². The molecule has 1 amide bonds. The molecule has 0 atom stereocenters. The Kier molecular flexibility index (Phi) is 6.75. The molecule has 2 aromatic carbocycles. The number of amides is 1. The highest BCUT2D eigenvalue weighted by atomic mass is 16.5. The van der Waals surface area contributed by atoms with Gasteiger partial charge in [0.1, 0.15) is 24.0 Å². The molecule has 9 heteroatoms. The van der Waals surface area contributed by atoms with E-state index in [4.69, 9.17) is 4.74 Å². The normalized spacial score (nSPS) is 13.3. The number of H-pyrrole nitrogens is 1. The van der Waals surface area contributed by atoms with Gasteiger partial charge in [-0.3, -0.25) is 14.6 Å². The molecule has 2 N–H and O–H groups in total. The molecule has 0 spiro atoms. The fourth-order valence-corrected chi connectivity index (χ4v) is 3.47. The smallest absolute Gasteiger partial charge is 0.270 e. The summed E-state index contributed by atoms with van der Waals surface area (Å²) in [4.78, 5) is 32.6. The number of carbonyl (C=O) groups is 1. The summed E-state index contributed by atoms with van der Waals surface area (Å²) in [7, 11) is 0. The quantitative estimate of drug-likeness (QED) is 0.408. The summed E-state index contributed by atoms with van der Waals surface area (Å²) in [5, 5.41) is 13.5. The van der Waals surface area contributed by atoms with Crippen LogP contribution < -0.4 is 15.7 Å². The van der Waals surface area contributed by atoms with E-state index < -0.39 is 5.56 Å². The molecular formula is C24H22N6O3. The van der Waals surface area contributed by atoms with Gasteiger partial charge in [0, 0.05) is 18.5 Å². The topological polar surface area (TPSA) is 123 Å². The first-order valence-electron chi connectivity index (χ1n) is 10.5. The maximum atomic E-state index is 12.3. The first-order valence-corrected chi connectivity index (χ1v) is 10.5. The van der Waals surface area contributed by atoms with Gasteiger partial charge in [0.25, 0.3) is 5.56 Å². The average molecular weight is 442 g/mol. The number of aromatic amines is 1. The molecule has 1 saturated heterocycles. The van der Waals surface area contributed by atoms with Gasteiger partial charge in [-0.05, 0) is 36.2 Å². The largest absolute Gasteiger partial charge is 0.492 e. The summed E-state index contributed by atoms with van der Waals surface area (Å²) in [5.41, 5.74) is 3.87. The minimum atomic E-state index is -0.541. The van der Waals surface area contributed by atoms with Crippen molar-refractivity contribution in [3.05, 3.63) is 76.1 Å². The van der Waals surface area contributed by atoms with E-state index in [2.05, 4.69) is 20.5 Å². The number of ether oxygens (including phenoxy) is 1. The predicted molar refractivity (Wildman–Crippen MR) is 124 cm³/mol. The molecule has 9 nitrogen and oxygen atoms in total. The van der Waals surface area contributed by atoms with Crippen LogP contribution in [0.25, 0.3) is 11.3 Å². The van der Waals surface area contributed by atoms with Gasteiger partial charge in [-0.1, -0.05) is 30.3 Å². The number of benzene rings is 2. The monoisotopic (exact) mass is 442 g/mol. The second-order valence-electron chi connectivity index (χ2n) is 7.39. The van der Waals surface area contributed by atoms with Gasteiger partial charge in [-0.2, -0.15) is 10.4 Å². The molecule has 0 unspecified atom stereocenters. The van der Waals surface area contributed by atoms with E-state index in [-0.39, 0.29) is 23.1 Å². The zero-order chi connectivity index (χ0) is 23.0. The lowest BCUT2D eigenvalue weighted by Gasteiger charge is -2.15. The summed E-state index contributed by atoms with van der Waals surface area (Å²) < 4.78 is 5.71. The molecule has 0 aliphatic carbocycles. The van der Waals surface area contributed by atoms with Crippen molar-refractivity contribution in [1.82, 2.24) is 14.9 Å². The van der Waals surface area contributed by atoms with Crippen LogP contribution in [-0.4, -0.2) is 46.7 Å². The molecule has 33 heavy (non-hydrogen) atoms.